The van der Waals surface area contributed by atoms with Crippen molar-refractivity contribution in [3.63, 3.8) is 0 Å². The largest absolute Gasteiger partial charge is 0.366 e. The molecule has 1 amide bonds. The third-order valence-electron chi connectivity index (χ3n) is 4.24. The molecule has 1 aliphatic heterocycles. The average Bonchev–Trinajstić information content (AvgIpc) is 3.20. The number of hydrogen-bond donors (Lipinski definition) is 1. The van der Waals surface area contributed by atoms with Crippen molar-refractivity contribution in [2.75, 3.05) is 18.0 Å². The summed E-state index contributed by atoms with van der Waals surface area (Å²) in [6.07, 6.45) is 4.07. The van der Waals surface area contributed by atoms with Crippen LogP contribution in [0.1, 0.15) is 25.5 Å². The molecule has 0 aliphatic carbocycles. The third kappa shape index (κ3) is 2.81. The number of nitrogens with zero attached hydrogens (tertiary/aromatic N) is 4. The molecule has 1 aromatic heterocycles. The molecule has 0 saturated heterocycles. The van der Waals surface area contributed by atoms with Crippen molar-refractivity contribution in [2.24, 2.45) is 0 Å². The molecule has 2 heterocycles. The minimum absolute atomic E-state index is 0.0372. The van der Waals surface area contributed by atoms with Crippen molar-refractivity contribution < 1.29 is 4.79 Å². The summed E-state index contributed by atoms with van der Waals surface area (Å²) in [6, 6.07) is 8.38. The fourth-order valence-corrected chi connectivity index (χ4v) is 2.87. The van der Waals surface area contributed by atoms with E-state index >= 15 is 0 Å². The monoisotopic (exact) mass is 299 g/mol. The minimum Gasteiger partial charge on any atom is -0.366 e. The van der Waals surface area contributed by atoms with Gasteiger partial charge in [0.05, 0.1) is 0 Å². The fourth-order valence-electron chi connectivity index (χ4n) is 2.87. The second-order valence-corrected chi connectivity index (χ2v) is 5.72. The zero-order valence-electron chi connectivity index (χ0n) is 12.9. The van der Waals surface area contributed by atoms with Crippen LogP contribution in [0, 0.1) is 0 Å². The highest BCUT2D eigenvalue weighted by Crippen LogP contribution is 2.28. The Morgan fingerprint density at radius 1 is 1.36 bits per heavy atom. The van der Waals surface area contributed by atoms with E-state index in [-0.39, 0.29) is 18.0 Å². The van der Waals surface area contributed by atoms with Gasteiger partial charge in [0.2, 0.25) is 5.91 Å². The number of rotatable bonds is 5. The lowest BCUT2D eigenvalue weighted by Crippen LogP contribution is -2.43. The van der Waals surface area contributed by atoms with Gasteiger partial charge in [-0.25, -0.2) is 9.67 Å². The smallest absolute Gasteiger partial charge is 0.244 e. The van der Waals surface area contributed by atoms with E-state index in [4.69, 9.17) is 0 Å². The zero-order valence-corrected chi connectivity index (χ0v) is 12.9. The van der Waals surface area contributed by atoms with E-state index in [1.54, 1.807) is 11.0 Å². The topological polar surface area (TPSA) is 63.1 Å². The van der Waals surface area contributed by atoms with Crippen LogP contribution in [0.5, 0.6) is 0 Å². The molecule has 2 aromatic rings. The molecular formula is C16H21N5O. The normalized spacial score (nSPS) is 16.2. The number of carbonyl (C=O) groups is 1. The summed E-state index contributed by atoms with van der Waals surface area (Å²) in [4.78, 5) is 18.4. The van der Waals surface area contributed by atoms with E-state index in [1.807, 2.05) is 6.92 Å². The van der Waals surface area contributed by atoms with Gasteiger partial charge < -0.3 is 10.2 Å². The van der Waals surface area contributed by atoms with Crippen LogP contribution in [0.15, 0.2) is 36.9 Å². The van der Waals surface area contributed by atoms with Crippen molar-refractivity contribution in [1.29, 1.82) is 0 Å². The van der Waals surface area contributed by atoms with Crippen LogP contribution in [0.4, 0.5) is 5.69 Å². The van der Waals surface area contributed by atoms with Crippen LogP contribution in [-0.2, 0) is 11.2 Å². The second-order valence-electron chi connectivity index (χ2n) is 5.72. The molecule has 6 heteroatoms. The molecule has 1 aromatic carbocycles. The summed E-state index contributed by atoms with van der Waals surface area (Å²) in [5, 5.41) is 7.01. The van der Waals surface area contributed by atoms with Crippen LogP contribution in [0.3, 0.4) is 0 Å². The predicted octanol–water partition coefficient (Wildman–Crippen LogP) is 1.41. The Balaban J connectivity index is 1.57. The van der Waals surface area contributed by atoms with Gasteiger partial charge in [-0.05, 0) is 31.9 Å². The lowest BCUT2D eigenvalue weighted by atomic mass is 10.2. The second kappa shape index (κ2) is 6.17. The summed E-state index contributed by atoms with van der Waals surface area (Å²) in [6.45, 7) is 5.59. The summed E-state index contributed by atoms with van der Waals surface area (Å²) < 4.78 is 1.56. The molecule has 0 bridgehead atoms. The van der Waals surface area contributed by atoms with E-state index in [1.165, 1.54) is 17.6 Å². The first-order chi connectivity index (χ1) is 10.7. The maximum Gasteiger partial charge on any atom is 0.244 e. The quantitative estimate of drug-likeness (QED) is 0.906. The van der Waals surface area contributed by atoms with Gasteiger partial charge in [-0.1, -0.05) is 18.2 Å². The Morgan fingerprint density at radius 2 is 2.18 bits per heavy atom. The average molecular weight is 299 g/mol. The van der Waals surface area contributed by atoms with Crippen LogP contribution >= 0.6 is 0 Å². The molecule has 0 radical (unpaired) electrons. The standard InChI is InChI=1S/C16H21N5O/c1-12(20-8-7-14-5-3-4-6-15(14)20)9-18-16(22)13(2)21-11-17-10-19-21/h3-6,10-13H,7-9H2,1-2H3,(H,18,22)/t12-,13-/m1/s1. The number of benzene rings is 1. The lowest BCUT2D eigenvalue weighted by molar-refractivity contribution is -0.124. The van der Waals surface area contributed by atoms with Gasteiger partial charge in [-0.15, -0.1) is 0 Å². The van der Waals surface area contributed by atoms with E-state index in [2.05, 4.69) is 51.5 Å². The Labute approximate surface area is 130 Å². The zero-order chi connectivity index (χ0) is 15.5. The van der Waals surface area contributed by atoms with Crippen molar-refractivity contribution in [3.05, 3.63) is 42.5 Å². The van der Waals surface area contributed by atoms with Crippen molar-refractivity contribution in [2.45, 2.75) is 32.4 Å². The Kier molecular flexibility index (Phi) is 4.09. The maximum absolute atomic E-state index is 12.2. The molecule has 2 atom stereocenters. The summed E-state index contributed by atoms with van der Waals surface area (Å²) in [5.41, 5.74) is 2.67. The van der Waals surface area contributed by atoms with Crippen LogP contribution < -0.4 is 10.2 Å². The highest BCUT2D eigenvalue weighted by Gasteiger charge is 2.24. The number of fused-ring (bicyclic) bond motifs is 1. The first-order valence-corrected chi connectivity index (χ1v) is 7.63. The maximum atomic E-state index is 12.2. The Bertz CT molecular complexity index is 640. The molecule has 22 heavy (non-hydrogen) atoms. The van der Waals surface area contributed by atoms with E-state index in [9.17, 15) is 4.79 Å². The summed E-state index contributed by atoms with van der Waals surface area (Å²) >= 11 is 0. The molecule has 0 unspecified atom stereocenters. The Morgan fingerprint density at radius 3 is 2.95 bits per heavy atom. The van der Waals surface area contributed by atoms with Gasteiger partial charge in [0.15, 0.2) is 0 Å². The first kappa shape index (κ1) is 14.6. The fraction of sp³-hybridized carbons (Fsp3) is 0.438. The lowest BCUT2D eigenvalue weighted by Gasteiger charge is -2.28. The predicted molar refractivity (Wildman–Crippen MR) is 84.7 cm³/mol. The molecule has 116 valence electrons. The van der Waals surface area contributed by atoms with Crippen molar-refractivity contribution in [1.82, 2.24) is 20.1 Å². The number of amides is 1. The Hall–Kier alpha value is -2.37. The molecular weight excluding hydrogens is 278 g/mol. The van der Waals surface area contributed by atoms with Gasteiger partial charge in [-0.2, -0.15) is 5.10 Å². The molecule has 0 saturated carbocycles. The van der Waals surface area contributed by atoms with Crippen LogP contribution in [-0.4, -0.2) is 39.8 Å². The highest BCUT2D eigenvalue weighted by atomic mass is 16.2. The number of hydrogen-bond acceptors (Lipinski definition) is 4. The van der Waals surface area contributed by atoms with Gasteiger partial charge in [0, 0.05) is 24.8 Å². The summed E-state index contributed by atoms with van der Waals surface area (Å²) in [5.74, 6) is -0.0372. The number of aromatic nitrogens is 3. The van der Waals surface area contributed by atoms with Gasteiger partial charge in [-0.3, -0.25) is 4.79 Å². The minimum atomic E-state index is -0.347. The molecule has 6 nitrogen and oxygen atoms in total. The summed E-state index contributed by atoms with van der Waals surface area (Å²) in [7, 11) is 0. The number of nitrogens with one attached hydrogen (secondary N) is 1. The number of anilines is 1. The van der Waals surface area contributed by atoms with Crippen LogP contribution in [0.2, 0.25) is 0 Å². The van der Waals surface area contributed by atoms with Gasteiger partial charge in [0.1, 0.15) is 18.7 Å². The molecule has 0 fully saturated rings. The van der Waals surface area contributed by atoms with E-state index < -0.39 is 0 Å². The third-order valence-corrected chi connectivity index (χ3v) is 4.24. The van der Waals surface area contributed by atoms with E-state index in [0.717, 1.165) is 13.0 Å². The first-order valence-electron chi connectivity index (χ1n) is 7.63. The molecule has 1 aliphatic rings. The van der Waals surface area contributed by atoms with Crippen molar-refractivity contribution in [3.8, 4) is 0 Å². The highest BCUT2D eigenvalue weighted by molar-refractivity contribution is 5.79. The van der Waals surface area contributed by atoms with Gasteiger partial charge in [0.25, 0.3) is 0 Å². The van der Waals surface area contributed by atoms with Crippen LogP contribution in [0.25, 0.3) is 0 Å². The molecule has 3 rings (SSSR count). The number of para-hydroxylation sites is 1. The van der Waals surface area contributed by atoms with E-state index in [0.29, 0.717) is 6.54 Å². The SMILES string of the molecule is C[C@H](CNC(=O)[C@@H](C)n1cncn1)N1CCc2ccccc21. The number of carbonyl (C=O) groups excluding carboxylic acids is 1. The molecule has 0 spiro atoms. The van der Waals surface area contributed by atoms with Crippen molar-refractivity contribution >= 4 is 11.6 Å². The van der Waals surface area contributed by atoms with Gasteiger partial charge >= 0.3 is 0 Å². The molecule has 1 N–H and O–H groups in total.